The molecule has 0 spiro atoms. The summed E-state index contributed by atoms with van der Waals surface area (Å²) in [6.07, 6.45) is 0.787. The van der Waals surface area contributed by atoms with E-state index >= 15 is 0 Å². The normalized spacial score (nSPS) is 12.9. The molecule has 0 bridgehead atoms. The first-order valence-corrected chi connectivity index (χ1v) is 8.15. The summed E-state index contributed by atoms with van der Waals surface area (Å²) in [5.74, 6) is -0.339. The third-order valence-corrected chi connectivity index (χ3v) is 5.09. The Balaban J connectivity index is 4.00. The lowest BCUT2D eigenvalue weighted by atomic mass is 10.6. The summed E-state index contributed by atoms with van der Waals surface area (Å²) in [5, 5.41) is 0. The zero-order valence-corrected chi connectivity index (χ0v) is 11.0. The van der Waals surface area contributed by atoms with Crippen molar-refractivity contribution in [2.75, 3.05) is 11.5 Å². The van der Waals surface area contributed by atoms with E-state index in [0.717, 1.165) is 0 Å². The van der Waals surface area contributed by atoms with Crippen molar-refractivity contribution < 1.29 is 24.1 Å². The van der Waals surface area contributed by atoms with Gasteiger partial charge in [-0.2, -0.15) is 24.1 Å². The maximum absolute atomic E-state index is 11.0. The van der Waals surface area contributed by atoms with Gasteiger partial charge in [0.25, 0.3) is 20.2 Å². The molecule has 0 saturated carbocycles. The van der Waals surface area contributed by atoms with Gasteiger partial charge in [0, 0.05) is 0 Å². The van der Waals surface area contributed by atoms with Gasteiger partial charge in [-0.25, -0.2) is 0 Å². The fourth-order valence-electron chi connectivity index (χ4n) is 0.664. The highest BCUT2D eigenvalue weighted by atomic mass is 32.3. The van der Waals surface area contributed by atoms with Gasteiger partial charge in [-0.15, -0.1) is 0 Å². The highest BCUT2D eigenvalue weighted by Crippen LogP contribution is 2.15. The largest absolute Gasteiger partial charge is 0.280 e. The Morgan fingerprint density at radius 3 is 1.47 bits per heavy atom. The molecule has 0 aliphatic rings. The molecule has 0 heterocycles. The fraction of sp³-hybridized carbons (Fsp3) is 1.00. The van der Waals surface area contributed by atoms with E-state index in [1.807, 2.05) is 0 Å². The minimum atomic E-state index is -3.70. The van der Waals surface area contributed by atoms with Gasteiger partial charge in [0.2, 0.25) is 0 Å². The smallest absolute Gasteiger partial charge is 0.198 e. The first kappa shape index (κ1) is 15.2. The van der Waals surface area contributed by atoms with Crippen molar-refractivity contribution >= 4 is 32.6 Å². The van der Waals surface area contributed by atoms with Gasteiger partial charge in [-0.3, -0.25) is 0 Å². The predicted octanol–water partition coefficient (Wildman–Crippen LogP) is 1.06. The van der Waals surface area contributed by atoms with Crippen molar-refractivity contribution in [1.29, 1.82) is 0 Å². The summed E-state index contributed by atoms with van der Waals surface area (Å²) in [4.78, 5) is 0. The molecule has 0 fully saturated rings. The summed E-state index contributed by atoms with van der Waals surface area (Å²) < 4.78 is 52.3. The quantitative estimate of drug-likeness (QED) is 0.613. The van der Waals surface area contributed by atoms with Crippen LogP contribution in [0.3, 0.4) is 0 Å². The zero-order chi connectivity index (χ0) is 11.9. The lowest BCUT2D eigenvalue weighted by Crippen LogP contribution is -2.09. The van der Waals surface area contributed by atoms with Crippen LogP contribution in [0.15, 0.2) is 0 Å². The van der Waals surface area contributed by atoms with E-state index in [-0.39, 0.29) is 23.8 Å². The van der Waals surface area contributed by atoms with Crippen LogP contribution in [0.2, 0.25) is 0 Å². The van der Waals surface area contributed by atoms with Crippen LogP contribution in [0.1, 0.15) is 26.7 Å². The Hall–Kier alpha value is 0.170. The summed E-state index contributed by atoms with van der Waals surface area (Å²) in [6.45, 7) is 3.33. The van der Waals surface area contributed by atoms with Crippen LogP contribution in [0.4, 0.5) is 0 Å². The van der Waals surface area contributed by atoms with E-state index in [9.17, 15) is 16.8 Å². The third-order valence-electron chi connectivity index (χ3n) is 1.17. The van der Waals surface area contributed by atoms with Crippen molar-refractivity contribution in [3.63, 3.8) is 0 Å². The molecule has 9 heteroatoms. The molecule has 0 saturated heterocycles. The SMILES string of the molecule is CCCS(=O)(=O)OSOS(=O)(=O)CCC. The molecule has 0 aromatic carbocycles. The van der Waals surface area contributed by atoms with Crippen molar-refractivity contribution in [3.8, 4) is 0 Å². The van der Waals surface area contributed by atoms with Crippen LogP contribution in [0.25, 0.3) is 0 Å². The van der Waals surface area contributed by atoms with E-state index in [1.165, 1.54) is 0 Å². The maximum atomic E-state index is 11.0. The lowest BCUT2D eigenvalue weighted by molar-refractivity contribution is 0.476. The van der Waals surface area contributed by atoms with Crippen LogP contribution >= 0.6 is 12.3 Å². The van der Waals surface area contributed by atoms with E-state index in [2.05, 4.69) is 7.26 Å². The summed E-state index contributed by atoms with van der Waals surface area (Å²) in [7, 11) is -7.39. The molecular formula is C6H14O6S3. The molecule has 0 aliphatic heterocycles. The third kappa shape index (κ3) is 8.03. The first-order chi connectivity index (χ1) is 6.83. The fourth-order valence-corrected chi connectivity index (χ4v) is 3.18. The Kier molecular flexibility index (Phi) is 6.76. The minimum Gasteiger partial charge on any atom is -0.198 e. The van der Waals surface area contributed by atoms with E-state index in [4.69, 9.17) is 0 Å². The summed E-state index contributed by atoms with van der Waals surface area (Å²) in [5.41, 5.74) is 0. The summed E-state index contributed by atoms with van der Waals surface area (Å²) in [6, 6.07) is 0. The molecule has 0 atom stereocenters. The van der Waals surface area contributed by atoms with Crippen molar-refractivity contribution in [2.24, 2.45) is 0 Å². The Morgan fingerprint density at radius 2 is 1.20 bits per heavy atom. The molecule has 0 aliphatic carbocycles. The van der Waals surface area contributed by atoms with Gasteiger partial charge in [0.15, 0.2) is 12.3 Å². The topological polar surface area (TPSA) is 86.7 Å². The second-order valence-electron chi connectivity index (χ2n) is 2.73. The van der Waals surface area contributed by atoms with Crippen LogP contribution in [0.5, 0.6) is 0 Å². The Morgan fingerprint density at radius 1 is 0.867 bits per heavy atom. The van der Waals surface area contributed by atoms with Gasteiger partial charge < -0.3 is 0 Å². The highest BCUT2D eigenvalue weighted by molar-refractivity contribution is 8.07. The molecule has 0 radical (unpaired) electrons. The number of hydrogen-bond donors (Lipinski definition) is 0. The molecule has 0 N–H and O–H groups in total. The number of hydrogen-bond acceptors (Lipinski definition) is 7. The molecule has 0 rings (SSSR count). The first-order valence-electron chi connectivity index (χ1n) is 4.32. The summed E-state index contributed by atoms with van der Waals surface area (Å²) >= 11 is -0.0289. The monoisotopic (exact) mass is 278 g/mol. The molecule has 0 unspecified atom stereocenters. The second kappa shape index (κ2) is 6.69. The van der Waals surface area contributed by atoms with E-state index in [1.54, 1.807) is 13.8 Å². The van der Waals surface area contributed by atoms with Crippen LogP contribution in [0, 0.1) is 0 Å². The molecule has 0 aromatic rings. The average molecular weight is 278 g/mol. The maximum Gasteiger partial charge on any atom is 0.280 e. The van der Waals surface area contributed by atoms with Crippen molar-refractivity contribution in [2.45, 2.75) is 26.7 Å². The Bertz CT molecular complexity index is 320. The predicted molar refractivity (Wildman–Crippen MR) is 57.9 cm³/mol. The molecule has 15 heavy (non-hydrogen) atoms. The highest BCUT2D eigenvalue weighted by Gasteiger charge is 2.16. The van der Waals surface area contributed by atoms with Gasteiger partial charge in [0.1, 0.15) is 0 Å². The van der Waals surface area contributed by atoms with Crippen LogP contribution in [-0.2, 0) is 27.5 Å². The average Bonchev–Trinajstić information content (AvgIpc) is 2.02. The van der Waals surface area contributed by atoms with Gasteiger partial charge in [-0.1, -0.05) is 13.8 Å². The molecule has 6 nitrogen and oxygen atoms in total. The van der Waals surface area contributed by atoms with Crippen molar-refractivity contribution in [1.82, 2.24) is 0 Å². The van der Waals surface area contributed by atoms with E-state index in [0.29, 0.717) is 12.8 Å². The van der Waals surface area contributed by atoms with Crippen molar-refractivity contribution in [3.05, 3.63) is 0 Å². The lowest BCUT2D eigenvalue weighted by Gasteiger charge is -2.02. The van der Waals surface area contributed by atoms with E-state index < -0.39 is 20.2 Å². The number of rotatable bonds is 8. The minimum absolute atomic E-state index is 0.0289. The zero-order valence-electron chi connectivity index (χ0n) is 8.50. The molecular weight excluding hydrogens is 264 g/mol. The molecule has 0 amide bonds. The molecule has 0 aromatic heterocycles. The second-order valence-corrected chi connectivity index (χ2v) is 7.00. The van der Waals surface area contributed by atoms with Gasteiger partial charge in [-0.05, 0) is 12.8 Å². The van der Waals surface area contributed by atoms with Gasteiger partial charge >= 0.3 is 0 Å². The van der Waals surface area contributed by atoms with Crippen LogP contribution < -0.4 is 0 Å². The molecule has 92 valence electrons. The Labute approximate surface area is 95.0 Å². The van der Waals surface area contributed by atoms with Gasteiger partial charge in [0.05, 0.1) is 11.5 Å². The van der Waals surface area contributed by atoms with Crippen LogP contribution in [-0.4, -0.2) is 28.3 Å². The standard InChI is InChI=1S/C6H14O6S3/c1-3-5-14(7,8)11-13-12-15(9,10)6-4-2/h3-6H2,1-2H3.